The van der Waals surface area contributed by atoms with Crippen LogP contribution in [0.4, 0.5) is 0 Å². The Hall–Kier alpha value is -1.85. The summed E-state index contributed by atoms with van der Waals surface area (Å²) in [6.07, 6.45) is 5.83. The van der Waals surface area contributed by atoms with Crippen molar-refractivity contribution in [3.63, 3.8) is 0 Å². The topological polar surface area (TPSA) is 84.2 Å². The molecule has 17 heavy (non-hydrogen) atoms. The van der Waals surface area contributed by atoms with Gasteiger partial charge in [0.2, 0.25) is 0 Å². The van der Waals surface area contributed by atoms with Gasteiger partial charge in [0, 0.05) is 12.2 Å². The van der Waals surface area contributed by atoms with Crippen LogP contribution in [-0.4, -0.2) is 32.8 Å². The van der Waals surface area contributed by atoms with Gasteiger partial charge >= 0.3 is 5.97 Å². The number of nitrogens with zero attached hydrogens (tertiary/aromatic N) is 2. The minimum absolute atomic E-state index is 0.221. The van der Waals surface area contributed by atoms with E-state index in [0.717, 1.165) is 25.7 Å². The summed E-state index contributed by atoms with van der Waals surface area (Å²) in [4.78, 5) is 22.2. The predicted octanol–water partition coefficient (Wildman–Crippen LogP) is 0.640. The molecule has 1 amide bonds. The molecule has 1 saturated carbocycles. The quantitative estimate of drug-likeness (QED) is 0.804. The summed E-state index contributed by atoms with van der Waals surface area (Å²) < 4.78 is 1.24. The zero-order valence-corrected chi connectivity index (χ0v) is 9.43. The third-order valence-electron chi connectivity index (χ3n) is 2.86. The number of hydrogen-bond acceptors (Lipinski definition) is 3. The number of carboxylic acid groups (broad SMARTS) is 1. The highest BCUT2D eigenvalue weighted by Crippen LogP contribution is 2.17. The number of carbonyl (C=O) groups is 2. The van der Waals surface area contributed by atoms with E-state index in [1.807, 2.05) is 0 Å². The van der Waals surface area contributed by atoms with Crippen LogP contribution in [0.15, 0.2) is 12.3 Å². The van der Waals surface area contributed by atoms with Gasteiger partial charge in [0.25, 0.3) is 5.91 Å². The number of hydrogen-bond donors (Lipinski definition) is 2. The van der Waals surface area contributed by atoms with Crippen molar-refractivity contribution in [1.29, 1.82) is 0 Å². The van der Waals surface area contributed by atoms with Crippen molar-refractivity contribution in [2.75, 3.05) is 0 Å². The average molecular weight is 237 g/mol. The van der Waals surface area contributed by atoms with Gasteiger partial charge < -0.3 is 10.4 Å². The second-order valence-corrected chi connectivity index (χ2v) is 4.25. The molecule has 92 valence electrons. The lowest BCUT2D eigenvalue weighted by Gasteiger charge is -2.09. The summed E-state index contributed by atoms with van der Waals surface area (Å²) in [6.45, 7) is -0.225. The lowest BCUT2D eigenvalue weighted by molar-refractivity contribution is -0.137. The van der Waals surface area contributed by atoms with Crippen molar-refractivity contribution in [2.45, 2.75) is 38.3 Å². The van der Waals surface area contributed by atoms with Crippen LogP contribution in [0.2, 0.25) is 0 Å². The molecule has 0 aromatic carbocycles. The molecule has 0 radical (unpaired) electrons. The van der Waals surface area contributed by atoms with E-state index < -0.39 is 5.97 Å². The molecule has 1 aliphatic carbocycles. The minimum atomic E-state index is -0.976. The standard InChI is InChI=1S/C11H15N3O3/c15-10(16)7-14-6-5-9(13-14)11(17)12-8-3-1-2-4-8/h5-6,8H,1-4,7H2,(H,12,17)(H,15,16). The average Bonchev–Trinajstić information content (AvgIpc) is 2.87. The Morgan fingerprint density at radius 2 is 2.18 bits per heavy atom. The first-order valence-corrected chi connectivity index (χ1v) is 5.71. The van der Waals surface area contributed by atoms with E-state index >= 15 is 0 Å². The Morgan fingerprint density at radius 1 is 1.47 bits per heavy atom. The van der Waals surface area contributed by atoms with Gasteiger partial charge in [-0.3, -0.25) is 14.3 Å². The molecule has 2 N–H and O–H groups in total. The highest BCUT2D eigenvalue weighted by atomic mass is 16.4. The summed E-state index contributed by atoms with van der Waals surface area (Å²) in [5, 5.41) is 15.4. The molecule has 0 spiro atoms. The molecule has 0 atom stereocenters. The van der Waals surface area contributed by atoms with Crippen molar-refractivity contribution in [3.05, 3.63) is 18.0 Å². The zero-order valence-electron chi connectivity index (χ0n) is 9.43. The molecule has 1 fully saturated rings. The number of aromatic nitrogens is 2. The normalized spacial score (nSPS) is 16.0. The van der Waals surface area contributed by atoms with Crippen LogP contribution < -0.4 is 5.32 Å². The fraction of sp³-hybridized carbons (Fsp3) is 0.545. The number of nitrogens with one attached hydrogen (secondary N) is 1. The smallest absolute Gasteiger partial charge is 0.325 e. The van der Waals surface area contributed by atoms with Gasteiger partial charge in [0.05, 0.1) is 0 Å². The van der Waals surface area contributed by atoms with Crippen LogP contribution in [0.1, 0.15) is 36.2 Å². The molecule has 6 nitrogen and oxygen atoms in total. The first-order valence-electron chi connectivity index (χ1n) is 5.71. The van der Waals surface area contributed by atoms with Crippen LogP contribution in [0.25, 0.3) is 0 Å². The molecular formula is C11H15N3O3. The summed E-state index contributed by atoms with van der Waals surface area (Å²) in [5.41, 5.74) is 0.276. The van der Waals surface area contributed by atoms with E-state index in [-0.39, 0.29) is 24.2 Å². The summed E-state index contributed by atoms with van der Waals surface area (Å²) in [6, 6.07) is 1.78. The monoisotopic (exact) mass is 237 g/mol. The van der Waals surface area contributed by atoms with Crippen LogP contribution in [0, 0.1) is 0 Å². The molecule has 0 aliphatic heterocycles. The summed E-state index contributed by atoms with van der Waals surface area (Å²) >= 11 is 0. The predicted molar refractivity (Wildman–Crippen MR) is 59.6 cm³/mol. The van der Waals surface area contributed by atoms with Gasteiger partial charge in [0.15, 0.2) is 0 Å². The number of carboxylic acids is 1. The second kappa shape index (κ2) is 4.99. The maximum Gasteiger partial charge on any atom is 0.325 e. The molecule has 1 aliphatic rings. The van der Waals surface area contributed by atoms with E-state index in [4.69, 9.17) is 5.11 Å². The third kappa shape index (κ3) is 3.05. The lowest BCUT2D eigenvalue weighted by atomic mass is 10.2. The molecule has 0 unspecified atom stereocenters. The van der Waals surface area contributed by atoms with Crippen molar-refractivity contribution in [3.8, 4) is 0 Å². The number of amides is 1. The number of carbonyl (C=O) groups excluding carboxylic acids is 1. The molecular weight excluding hydrogens is 222 g/mol. The van der Waals surface area contributed by atoms with E-state index in [0.29, 0.717) is 0 Å². The van der Waals surface area contributed by atoms with Crippen molar-refractivity contribution < 1.29 is 14.7 Å². The summed E-state index contributed by atoms with van der Waals surface area (Å²) in [5.74, 6) is -1.20. The van der Waals surface area contributed by atoms with Gasteiger partial charge in [-0.05, 0) is 18.9 Å². The Balaban J connectivity index is 1.94. The lowest BCUT2D eigenvalue weighted by Crippen LogP contribution is -2.33. The molecule has 1 aromatic heterocycles. The second-order valence-electron chi connectivity index (χ2n) is 4.25. The molecule has 1 aromatic rings. The van der Waals surface area contributed by atoms with Crippen LogP contribution >= 0.6 is 0 Å². The van der Waals surface area contributed by atoms with Crippen LogP contribution in [0.3, 0.4) is 0 Å². The highest BCUT2D eigenvalue weighted by molar-refractivity contribution is 5.92. The first kappa shape index (κ1) is 11.6. The van der Waals surface area contributed by atoms with Crippen LogP contribution in [0.5, 0.6) is 0 Å². The van der Waals surface area contributed by atoms with E-state index in [1.165, 1.54) is 16.9 Å². The molecule has 0 bridgehead atoms. The maximum absolute atomic E-state index is 11.8. The van der Waals surface area contributed by atoms with Gasteiger partial charge in [-0.25, -0.2) is 0 Å². The largest absolute Gasteiger partial charge is 0.480 e. The van der Waals surface area contributed by atoms with E-state index in [9.17, 15) is 9.59 Å². The Bertz CT molecular complexity index is 421. The van der Waals surface area contributed by atoms with E-state index in [1.54, 1.807) is 0 Å². The Labute approximate surface area is 98.6 Å². The van der Waals surface area contributed by atoms with Gasteiger partial charge in [-0.2, -0.15) is 5.10 Å². The Morgan fingerprint density at radius 3 is 2.82 bits per heavy atom. The van der Waals surface area contributed by atoms with Crippen molar-refractivity contribution >= 4 is 11.9 Å². The van der Waals surface area contributed by atoms with Crippen LogP contribution in [-0.2, 0) is 11.3 Å². The van der Waals surface area contributed by atoms with Gasteiger partial charge in [-0.1, -0.05) is 12.8 Å². The molecule has 1 heterocycles. The van der Waals surface area contributed by atoms with Crippen molar-refractivity contribution in [2.24, 2.45) is 0 Å². The zero-order chi connectivity index (χ0) is 12.3. The highest BCUT2D eigenvalue weighted by Gasteiger charge is 2.19. The first-order chi connectivity index (χ1) is 8.15. The fourth-order valence-electron chi connectivity index (χ4n) is 2.04. The van der Waals surface area contributed by atoms with Crippen molar-refractivity contribution in [1.82, 2.24) is 15.1 Å². The fourth-order valence-corrected chi connectivity index (χ4v) is 2.04. The molecule has 0 saturated heterocycles. The SMILES string of the molecule is O=C(O)Cn1ccc(C(=O)NC2CCCC2)n1. The summed E-state index contributed by atoms with van der Waals surface area (Å²) in [7, 11) is 0. The van der Waals surface area contributed by atoms with Gasteiger partial charge in [-0.15, -0.1) is 0 Å². The third-order valence-corrected chi connectivity index (χ3v) is 2.86. The Kier molecular flexibility index (Phi) is 3.41. The minimum Gasteiger partial charge on any atom is -0.480 e. The van der Waals surface area contributed by atoms with E-state index in [2.05, 4.69) is 10.4 Å². The molecule has 2 rings (SSSR count). The number of aliphatic carboxylic acids is 1. The maximum atomic E-state index is 11.8. The van der Waals surface area contributed by atoms with Gasteiger partial charge in [0.1, 0.15) is 12.2 Å². The molecule has 6 heteroatoms. The number of rotatable bonds is 4.